The second-order valence-electron chi connectivity index (χ2n) is 2.22. The van der Waals surface area contributed by atoms with Gasteiger partial charge in [0.15, 0.2) is 0 Å². The van der Waals surface area contributed by atoms with Gasteiger partial charge in [-0.05, 0) is 12.7 Å². The molecule has 62 valence electrons. The Bertz CT molecular complexity index is 82.3. The van der Waals surface area contributed by atoms with Crippen molar-refractivity contribution in [3.8, 4) is 0 Å². The van der Waals surface area contributed by atoms with Gasteiger partial charge in [-0.2, -0.15) is 11.8 Å². The molecule has 0 unspecified atom stereocenters. The average molecular weight is 169 g/mol. The predicted molar refractivity (Wildman–Crippen MR) is 41.6 cm³/mol. The van der Waals surface area contributed by atoms with E-state index < -0.39 is 5.92 Å². The van der Waals surface area contributed by atoms with Crippen LogP contribution in [0.1, 0.15) is 13.3 Å². The Morgan fingerprint density at radius 1 is 1.40 bits per heavy atom. The zero-order valence-electron chi connectivity index (χ0n) is 6.07. The largest absolute Gasteiger partial charge is 0.330 e. The van der Waals surface area contributed by atoms with Crippen LogP contribution < -0.4 is 5.73 Å². The molecule has 0 saturated carbocycles. The smallest absolute Gasteiger partial charge is 0.246 e. The lowest BCUT2D eigenvalue weighted by Crippen LogP contribution is -2.11. The third-order valence-corrected chi connectivity index (χ3v) is 1.96. The van der Waals surface area contributed by atoms with Gasteiger partial charge < -0.3 is 5.73 Å². The van der Waals surface area contributed by atoms with E-state index in [1.54, 1.807) is 0 Å². The Hall–Kier alpha value is 0.170. The normalized spacial score (nSPS) is 12.0. The van der Waals surface area contributed by atoms with E-state index in [0.717, 1.165) is 12.7 Å². The van der Waals surface area contributed by atoms with E-state index in [-0.39, 0.29) is 6.42 Å². The molecule has 1 nitrogen and oxygen atoms in total. The molecule has 0 bridgehead atoms. The molecule has 0 aromatic heterocycles. The van der Waals surface area contributed by atoms with Crippen LogP contribution in [0.25, 0.3) is 0 Å². The maximum atomic E-state index is 12.1. The minimum atomic E-state index is -2.51. The highest BCUT2D eigenvalue weighted by molar-refractivity contribution is 7.99. The number of alkyl halides is 2. The molecule has 0 aliphatic carbocycles. The van der Waals surface area contributed by atoms with Crippen molar-refractivity contribution in [2.75, 3.05) is 18.1 Å². The summed E-state index contributed by atoms with van der Waals surface area (Å²) < 4.78 is 24.2. The SMILES string of the molecule is CC(F)(F)CCSCCN. The molecule has 0 aromatic rings. The number of thioether (sulfide) groups is 1. The van der Waals surface area contributed by atoms with E-state index in [4.69, 9.17) is 5.73 Å². The number of nitrogens with two attached hydrogens (primary N) is 1. The first-order valence-corrected chi connectivity index (χ1v) is 4.37. The van der Waals surface area contributed by atoms with Crippen molar-refractivity contribution in [3.05, 3.63) is 0 Å². The van der Waals surface area contributed by atoms with Crippen LogP contribution in [0.4, 0.5) is 8.78 Å². The van der Waals surface area contributed by atoms with Crippen LogP contribution in [0.15, 0.2) is 0 Å². The summed E-state index contributed by atoms with van der Waals surface area (Å²) in [6.45, 7) is 1.51. The van der Waals surface area contributed by atoms with Gasteiger partial charge in [-0.15, -0.1) is 0 Å². The van der Waals surface area contributed by atoms with Gasteiger partial charge in [-0.3, -0.25) is 0 Å². The van der Waals surface area contributed by atoms with Crippen molar-refractivity contribution in [2.45, 2.75) is 19.3 Å². The first-order chi connectivity index (χ1) is 4.56. The fourth-order valence-electron chi connectivity index (χ4n) is 0.437. The Morgan fingerprint density at radius 3 is 2.40 bits per heavy atom. The van der Waals surface area contributed by atoms with Crippen molar-refractivity contribution in [1.82, 2.24) is 0 Å². The molecule has 0 fully saturated rings. The lowest BCUT2D eigenvalue weighted by atomic mass is 10.3. The summed E-state index contributed by atoms with van der Waals surface area (Å²) in [6, 6.07) is 0. The van der Waals surface area contributed by atoms with E-state index in [0.29, 0.717) is 12.3 Å². The summed E-state index contributed by atoms with van der Waals surface area (Å²) in [7, 11) is 0. The summed E-state index contributed by atoms with van der Waals surface area (Å²) in [5.41, 5.74) is 5.17. The molecule has 0 atom stereocenters. The number of halogens is 2. The second-order valence-corrected chi connectivity index (χ2v) is 3.45. The maximum Gasteiger partial charge on any atom is 0.246 e. The van der Waals surface area contributed by atoms with Crippen molar-refractivity contribution in [1.29, 1.82) is 0 Å². The molecule has 4 heteroatoms. The van der Waals surface area contributed by atoms with Gasteiger partial charge in [-0.1, -0.05) is 0 Å². The van der Waals surface area contributed by atoms with Gasteiger partial charge in [0.2, 0.25) is 5.92 Å². The summed E-state index contributed by atoms with van der Waals surface area (Å²) in [4.78, 5) is 0. The highest BCUT2D eigenvalue weighted by atomic mass is 32.2. The highest BCUT2D eigenvalue weighted by Crippen LogP contribution is 2.19. The summed E-state index contributed by atoms with van der Waals surface area (Å²) in [6.07, 6.45) is -0.0440. The molecule has 0 amide bonds. The Balaban J connectivity index is 3.04. The van der Waals surface area contributed by atoms with Crippen LogP contribution in [0.5, 0.6) is 0 Å². The van der Waals surface area contributed by atoms with Crippen LogP contribution in [0.3, 0.4) is 0 Å². The van der Waals surface area contributed by atoms with Gasteiger partial charge >= 0.3 is 0 Å². The first kappa shape index (κ1) is 10.2. The molecule has 0 aliphatic heterocycles. The van der Waals surface area contributed by atoms with E-state index in [1.807, 2.05) is 0 Å². The highest BCUT2D eigenvalue weighted by Gasteiger charge is 2.19. The van der Waals surface area contributed by atoms with Crippen LogP contribution in [0, 0.1) is 0 Å². The van der Waals surface area contributed by atoms with Crippen molar-refractivity contribution in [2.24, 2.45) is 5.73 Å². The third kappa shape index (κ3) is 8.17. The van der Waals surface area contributed by atoms with Crippen LogP contribution in [-0.4, -0.2) is 24.0 Å². The Morgan fingerprint density at radius 2 is 2.00 bits per heavy atom. The quantitative estimate of drug-likeness (QED) is 0.634. The fraction of sp³-hybridized carbons (Fsp3) is 1.00. The van der Waals surface area contributed by atoms with E-state index in [9.17, 15) is 8.78 Å². The van der Waals surface area contributed by atoms with Gasteiger partial charge in [0.25, 0.3) is 0 Å². The summed E-state index contributed by atoms with van der Waals surface area (Å²) in [5.74, 6) is -1.24. The topological polar surface area (TPSA) is 26.0 Å². The summed E-state index contributed by atoms with van der Waals surface area (Å²) >= 11 is 1.48. The van der Waals surface area contributed by atoms with E-state index in [2.05, 4.69) is 0 Å². The van der Waals surface area contributed by atoms with Gasteiger partial charge in [0.1, 0.15) is 0 Å². The zero-order valence-corrected chi connectivity index (χ0v) is 6.89. The molecule has 0 heterocycles. The predicted octanol–water partition coefficient (Wildman–Crippen LogP) is 1.72. The minimum Gasteiger partial charge on any atom is -0.330 e. The minimum absolute atomic E-state index is 0.0440. The molecule has 2 N–H and O–H groups in total. The molecule has 0 spiro atoms. The van der Waals surface area contributed by atoms with Crippen LogP contribution >= 0.6 is 11.8 Å². The molecule has 0 saturated heterocycles. The number of hydrogen-bond acceptors (Lipinski definition) is 2. The zero-order chi connectivity index (χ0) is 8.04. The maximum absolute atomic E-state index is 12.1. The molecule has 0 rings (SSSR count). The Labute approximate surface area is 64.4 Å². The lowest BCUT2D eigenvalue weighted by molar-refractivity contribution is 0.0194. The van der Waals surface area contributed by atoms with Gasteiger partial charge in [0.05, 0.1) is 0 Å². The standard InChI is InChI=1S/C6H13F2NS/c1-6(7,8)2-4-10-5-3-9/h2-5,9H2,1H3. The van der Waals surface area contributed by atoms with Crippen molar-refractivity contribution in [3.63, 3.8) is 0 Å². The van der Waals surface area contributed by atoms with Gasteiger partial charge in [-0.25, -0.2) is 8.78 Å². The van der Waals surface area contributed by atoms with Crippen molar-refractivity contribution < 1.29 is 8.78 Å². The fourth-order valence-corrected chi connectivity index (χ4v) is 1.31. The lowest BCUT2D eigenvalue weighted by Gasteiger charge is -2.08. The second kappa shape index (κ2) is 4.91. The first-order valence-electron chi connectivity index (χ1n) is 3.22. The third-order valence-electron chi connectivity index (χ3n) is 0.948. The monoisotopic (exact) mass is 169 g/mol. The molecular formula is C6H13F2NS. The average Bonchev–Trinajstić information content (AvgIpc) is 1.78. The van der Waals surface area contributed by atoms with Crippen molar-refractivity contribution >= 4 is 11.8 Å². The Kier molecular flexibility index (Phi) is 4.99. The molecular weight excluding hydrogens is 156 g/mol. The molecule has 0 aromatic carbocycles. The van der Waals surface area contributed by atoms with E-state index in [1.165, 1.54) is 11.8 Å². The number of rotatable bonds is 5. The number of hydrogen-bond donors (Lipinski definition) is 1. The molecule has 0 aliphatic rings. The van der Waals surface area contributed by atoms with E-state index >= 15 is 0 Å². The van der Waals surface area contributed by atoms with Crippen LogP contribution in [-0.2, 0) is 0 Å². The summed E-state index contributed by atoms with van der Waals surface area (Å²) in [5, 5.41) is 0. The molecule has 10 heavy (non-hydrogen) atoms. The van der Waals surface area contributed by atoms with Gasteiger partial charge in [0, 0.05) is 18.7 Å². The van der Waals surface area contributed by atoms with Crippen LogP contribution in [0.2, 0.25) is 0 Å². The molecule has 0 radical (unpaired) electrons.